The van der Waals surface area contributed by atoms with Crippen LogP contribution in [-0.2, 0) is 15.8 Å². The molecule has 1 aliphatic carbocycles. The Kier molecular flexibility index (Phi) is 6.78. The summed E-state index contributed by atoms with van der Waals surface area (Å²) in [5, 5.41) is 0. The van der Waals surface area contributed by atoms with E-state index in [9.17, 15) is 27.6 Å². The number of likely N-dealkylation sites (tertiary alicyclic amines) is 1. The van der Waals surface area contributed by atoms with Gasteiger partial charge in [-0.2, -0.15) is 13.2 Å². The average Bonchev–Trinajstić information content (AvgIpc) is 2.80. The molecule has 4 rings (SSSR count). The van der Waals surface area contributed by atoms with Crippen molar-refractivity contribution in [3.63, 3.8) is 0 Å². The molecule has 5 nitrogen and oxygen atoms in total. The van der Waals surface area contributed by atoms with Gasteiger partial charge in [-0.05, 0) is 80.0 Å². The fraction of sp³-hybridized carbons (Fsp3) is 0.429. The number of aromatic nitrogens is 1. The van der Waals surface area contributed by atoms with Crippen molar-refractivity contribution in [1.82, 2.24) is 9.88 Å². The molecule has 188 valence electrons. The number of hydrogen-bond donors (Lipinski definition) is 0. The highest BCUT2D eigenvalue weighted by molar-refractivity contribution is 6.10. The maximum absolute atomic E-state index is 13.3. The number of carbonyl (C=O) groups is 3. The summed E-state index contributed by atoms with van der Waals surface area (Å²) in [7, 11) is 0. The molecule has 0 unspecified atom stereocenters. The molecule has 1 aromatic heterocycles. The van der Waals surface area contributed by atoms with Gasteiger partial charge in [0, 0.05) is 37.7 Å². The molecular weight excluding hydrogens is 469 g/mol. The molecule has 1 saturated carbocycles. The fourth-order valence-electron chi connectivity index (χ4n) is 5.58. The number of amides is 1. The smallest absolute Gasteiger partial charge is 0.337 e. The lowest BCUT2D eigenvalue weighted by Gasteiger charge is -2.44. The number of Topliss-reactive ketones (excluding diaryl/α,β-unsaturated/α-hetero) is 2. The maximum atomic E-state index is 13.3. The zero-order chi connectivity index (χ0) is 26.3. The van der Waals surface area contributed by atoms with Crippen LogP contribution < -0.4 is 0 Å². The van der Waals surface area contributed by atoms with E-state index in [2.05, 4.69) is 16.8 Å². The van der Waals surface area contributed by atoms with Gasteiger partial charge in [-0.25, -0.2) is 0 Å². The summed E-state index contributed by atoms with van der Waals surface area (Å²) in [6.07, 6.45) is -2.24. The average molecular weight is 497 g/mol. The Morgan fingerprint density at radius 2 is 1.64 bits per heavy atom. The number of aryl methyl sites for hydroxylation is 2. The minimum atomic E-state index is -4.57. The second-order valence-electron chi connectivity index (χ2n) is 9.84. The number of pyridine rings is 1. The van der Waals surface area contributed by atoms with Gasteiger partial charge in [-0.3, -0.25) is 19.4 Å². The van der Waals surface area contributed by atoms with Crippen LogP contribution in [0.1, 0.15) is 76.8 Å². The largest absolute Gasteiger partial charge is 0.416 e. The number of alkyl halides is 3. The maximum Gasteiger partial charge on any atom is 0.416 e. The number of halogens is 3. The van der Waals surface area contributed by atoms with Crippen LogP contribution in [0.25, 0.3) is 0 Å². The number of hydrogen-bond acceptors (Lipinski definition) is 4. The lowest BCUT2D eigenvalue weighted by atomic mass is 9.62. The lowest BCUT2D eigenvalue weighted by Crippen LogP contribution is -2.48. The molecular formula is C28H27F3N2O3. The molecule has 0 atom stereocenters. The van der Waals surface area contributed by atoms with Crippen molar-refractivity contribution in [2.24, 2.45) is 5.41 Å². The molecule has 1 aromatic carbocycles. The lowest BCUT2D eigenvalue weighted by molar-refractivity contribution is -0.139. The van der Waals surface area contributed by atoms with E-state index >= 15 is 0 Å². The van der Waals surface area contributed by atoms with Crippen LogP contribution in [0.15, 0.2) is 30.5 Å². The molecule has 0 N–H and O–H groups in total. The highest BCUT2D eigenvalue weighted by Crippen LogP contribution is 2.46. The van der Waals surface area contributed by atoms with Crippen molar-refractivity contribution in [2.75, 3.05) is 13.1 Å². The summed E-state index contributed by atoms with van der Waals surface area (Å²) in [6, 6.07) is 5.38. The second-order valence-corrected chi connectivity index (χ2v) is 9.84. The van der Waals surface area contributed by atoms with E-state index in [0.29, 0.717) is 12.8 Å². The number of benzene rings is 1. The monoisotopic (exact) mass is 496 g/mol. The Labute approximate surface area is 208 Å². The summed E-state index contributed by atoms with van der Waals surface area (Å²) in [5.74, 6) is 4.25. The summed E-state index contributed by atoms with van der Waals surface area (Å²) in [5.41, 5.74) is 1.61. The Hall–Kier alpha value is -3.47. The van der Waals surface area contributed by atoms with Crippen molar-refractivity contribution >= 4 is 17.5 Å². The summed E-state index contributed by atoms with van der Waals surface area (Å²) in [6.45, 7) is 6.04. The first-order chi connectivity index (χ1) is 16.9. The first kappa shape index (κ1) is 25.6. The fourth-order valence-corrected chi connectivity index (χ4v) is 5.58. The molecule has 2 aromatic rings. The van der Waals surface area contributed by atoms with E-state index in [1.54, 1.807) is 6.92 Å². The molecule has 2 aliphatic rings. The Balaban J connectivity index is 1.48. The van der Waals surface area contributed by atoms with Gasteiger partial charge in [0.05, 0.1) is 5.56 Å². The van der Waals surface area contributed by atoms with Crippen molar-refractivity contribution in [2.45, 2.75) is 58.5 Å². The van der Waals surface area contributed by atoms with E-state index in [1.807, 2.05) is 26.0 Å². The van der Waals surface area contributed by atoms with Crippen molar-refractivity contribution in [3.8, 4) is 11.8 Å². The molecule has 2 heterocycles. The molecule has 36 heavy (non-hydrogen) atoms. The van der Waals surface area contributed by atoms with Crippen LogP contribution in [-0.4, -0.2) is 40.4 Å². The standard InChI is InChI=1S/C28H27F3N2O3/c1-4-5-19-12-17(2)24(18(3)13-19)25-22(34)15-27(16-23(25)35)7-10-33(11-8-27)26(36)21-14-20(6-9-32-21)28(29,30)31/h6,9,12-14,25H,7-8,10-11,15-16H2,1-3H3. The zero-order valence-electron chi connectivity index (χ0n) is 20.5. The summed E-state index contributed by atoms with van der Waals surface area (Å²) < 4.78 is 39.1. The molecule has 1 spiro atoms. The van der Waals surface area contributed by atoms with Gasteiger partial charge in [0.25, 0.3) is 5.91 Å². The van der Waals surface area contributed by atoms with E-state index in [-0.39, 0.29) is 43.2 Å². The highest BCUT2D eigenvalue weighted by atomic mass is 19.4. The first-order valence-electron chi connectivity index (χ1n) is 11.9. The third-order valence-electron chi connectivity index (χ3n) is 7.31. The molecule has 8 heteroatoms. The van der Waals surface area contributed by atoms with E-state index in [1.165, 1.54) is 4.90 Å². The van der Waals surface area contributed by atoms with Crippen LogP contribution in [0.4, 0.5) is 13.2 Å². The molecule has 1 amide bonds. The number of rotatable bonds is 2. The second kappa shape index (κ2) is 9.53. The van der Waals surface area contributed by atoms with E-state index < -0.39 is 29.0 Å². The van der Waals surface area contributed by atoms with Crippen molar-refractivity contribution < 1.29 is 27.6 Å². The third kappa shape index (κ3) is 4.92. The van der Waals surface area contributed by atoms with E-state index in [4.69, 9.17) is 0 Å². The first-order valence-corrected chi connectivity index (χ1v) is 11.9. The predicted octanol–water partition coefficient (Wildman–Crippen LogP) is 5.03. The Morgan fingerprint density at radius 3 is 2.17 bits per heavy atom. The molecule has 0 bridgehead atoms. The van der Waals surface area contributed by atoms with Crippen LogP contribution in [0, 0.1) is 31.1 Å². The van der Waals surface area contributed by atoms with Crippen LogP contribution in [0.2, 0.25) is 0 Å². The van der Waals surface area contributed by atoms with Crippen molar-refractivity contribution in [3.05, 3.63) is 64.0 Å². The Morgan fingerprint density at radius 1 is 1.06 bits per heavy atom. The predicted molar refractivity (Wildman–Crippen MR) is 127 cm³/mol. The quantitative estimate of drug-likeness (QED) is 0.432. The van der Waals surface area contributed by atoms with Gasteiger partial charge in [-0.15, -0.1) is 5.92 Å². The van der Waals surface area contributed by atoms with Gasteiger partial charge in [0.2, 0.25) is 0 Å². The van der Waals surface area contributed by atoms with Gasteiger partial charge in [-0.1, -0.05) is 5.92 Å². The summed E-state index contributed by atoms with van der Waals surface area (Å²) in [4.78, 5) is 44.7. The number of nitrogens with zero attached hydrogens (tertiary/aromatic N) is 2. The van der Waals surface area contributed by atoms with E-state index in [0.717, 1.165) is 40.6 Å². The van der Waals surface area contributed by atoms with Crippen molar-refractivity contribution in [1.29, 1.82) is 0 Å². The van der Waals surface area contributed by atoms with Gasteiger partial charge >= 0.3 is 6.18 Å². The zero-order valence-corrected chi connectivity index (χ0v) is 20.5. The minimum Gasteiger partial charge on any atom is -0.337 e. The summed E-state index contributed by atoms with van der Waals surface area (Å²) >= 11 is 0. The van der Waals surface area contributed by atoms with Gasteiger partial charge in [0.1, 0.15) is 23.2 Å². The molecule has 0 radical (unpaired) electrons. The molecule has 1 saturated heterocycles. The molecule has 2 fully saturated rings. The normalized spacial score (nSPS) is 18.2. The Bertz CT molecular complexity index is 1250. The minimum absolute atomic E-state index is 0.119. The van der Waals surface area contributed by atoms with Crippen LogP contribution in [0.5, 0.6) is 0 Å². The molecule has 1 aliphatic heterocycles. The highest BCUT2D eigenvalue weighted by Gasteiger charge is 2.48. The number of piperidine rings is 1. The number of carbonyl (C=O) groups excluding carboxylic acids is 3. The third-order valence-corrected chi connectivity index (χ3v) is 7.31. The van der Waals surface area contributed by atoms with Gasteiger partial charge < -0.3 is 4.90 Å². The number of ketones is 2. The van der Waals surface area contributed by atoms with Gasteiger partial charge in [0.15, 0.2) is 0 Å². The SMILES string of the molecule is CC#Cc1cc(C)c(C2C(=O)CC3(CCN(C(=O)c4cc(C(F)(F)F)ccn4)CC3)CC2=O)c(C)c1. The van der Waals surface area contributed by atoms with Crippen LogP contribution >= 0.6 is 0 Å². The van der Waals surface area contributed by atoms with Crippen LogP contribution in [0.3, 0.4) is 0 Å². The topological polar surface area (TPSA) is 67.3 Å².